The predicted octanol–water partition coefficient (Wildman–Crippen LogP) is 2.53. The molecule has 0 N–H and O–H groups in total. The smallest absolute Gasteiger partial charge is 0.274 e. The number of nitrogens with zero attached hydrogens (tertiary/aromatic N) is 5. The fraction of sp³-hybridized carbons (Fsp3) is 0.350. The minimum atomic E-state index is -0.0518. The summed E-state index contributed by atoms with van der Waals surface area (Å²) in [5.74, 6) is -0.0518. The summed E-state index contributed by atoms with van der Waals surface area (Å²) in [4.78, 5) is 21.6. The van der Waals surface area contributed by atoms with Crippen molar-refractivity contribution in [2.75, 3.05) is 37.7 Å². The van der Waals surface area contributed by atoms with Gasteiger partial charge in [0.25, 0.3) is 5.91 Å². The van der Waals surface area contributed by atoms with Gasteiger partial charge in [-0.2, -0.15) is 5.10 Å². The van der Waals surface area contributed by atoms with Crippen molar-refractivity contribution in [3.63, 3.8) is 0 Å². The highest BCUT2D eigenvalue weighted by atomic mass is 79.9. The van der Waals surface area contributed by atoms with Gasteiger partial charge < -0.3 is 14.5 Å². The van der Waals surface area contributed by atoms with Gasteiger partial charge >= 0.3 is 0 Å². The normalized spacial score (nSPS) is 17.0. The van der Waals surface area contributed by atoms with E-state index >= 15 is 0 Å². The molecule has 3 aromatic rings. The Morgan fingerprint density at radius 2 is 2.04 bits per heavy atom. The molecule has 4 heterocycles. The maximum absolute atomic E-state index is 13.0. The van der Waals surface area contributed by atoms with Gasteiger partial charge in [-0.25, -0.2) is 9.50 Å². The summed E-state index contributed by atoms with van der Waals surface area (Å²) in [5.41, 5.74) is 4.95. The van der Waals surface area contributed by atoms with Crippen LogP contribution in [0.4, 0.5) is 5.69 Å². The molecule has 28 heavy (non-hydrogen) atoms. The molecule has 0 aliphatic carbocycles. The molecule has 1 amide bonds. The van der Waals surface area contributed by atoms with E-state index in [1.54, 1.807) is 23.0 Å². The van der Waals surface area contributed by atoms with Crippen LogP contribution in [0.2, 0.25) is 0 Å². The SMILES string of the molecule is O=C(c1cc2ncc(Br)cn2n1)N1CCc2c(cccc2N2CCOCC2)C1. The second-order valence-electron chi connectivity index (χ2n) is 7.10. The van der Waals surface area contributed by atoms with E-state index in [1.807, 2.05) is 4.90 Å². The van der Waals surface area contributed by atoms with E-state index < -0.39 is 0 Å². The van der Waals surface area contributed by atoms with E-state index in [4.69, 9.17) is 4.74 Å². The number of rotatable bonds is 2. The molecule has 1 saturated heterocycles. The van der Waals surface area contributed by atoms with Crippen LogP contribution >= 0.6 is 15.9 Å². The highest BCUT2D eigenvalue weighted by molar-refractivity contribution is 9.10. The number of fused-ring (bicyclic) bond motifs is 2. The molecule has 2 aliphatic rings. The van der Waals surface area contributed by atoms with Crippen molar-refractivity contribution >= 4 is 33.2 Å². The van der Waals surface area contributed by atoms with Crippen molar-refractivity contribution < 1.29 is 9.53 Å². The lowest BCUT2D eigenvalue weighted by atomic mass is 9.96. The number of halogens is 1. The zero-order valence-corrected chi connectivity index (χ0v) is 16.9. The van der Waals surface area contributed by atoms with Gasteiger partial charge in [0.1, 0.15) is 0 Å². The molecule has 0 bridgehead atoms. The molecule has 0 atom stereocenters. The molecular weight excluding hydrogens is 422 g/mol. The van der Waals surface area contributed by atoms with Gasteiger partial charge in [-0.3, -0.25) is 4.79 Å². The Kier molecular flexibility index (Phi) is 4.52. The highest BCUT2D eigenvalue weighted by Gasteiger charge is 2.26. The van der Waals surface area contributed by atoms with E-state index in [0.717, 1.165) is 37.2 Å². The zero-order valence-electron chi connectivity index (χ0n) is 15.3. The van der Waals surface area contributed by atoms with E-state index in [9.17, 15) is 4.79 Å². The molecule has 2 aliphatic heterocycles. The standard InChI is InChI=1S/C20H20BrN5O2/c21-15-11-22-19-10-17(23-26(19)13-15)20(27)25-5-4-16-14(12-25)2-1-3-18(16)24-6-8-28-9-7-24/h1-3,10-11,13H,4-9,12H2. The lowest BCUT2D eigenvalue weighted by molar-refractivity contribution is 0.0728. The van der Waals surface area contributed by atoms with Crippen molar-refractivity contribution in [1.82, 2.24) is 19.5 Å². The van der Waals surface area contributed by atoms with Gasteiger partial charge in [-0.05, 0) is 39.5 Å². The third-order valence-electron chi connectivity index (χ3n) is 5.38. The number of aromatic nitrogens is 3. The summed E-state index contributed by atoms with van der Waals surface area (Å²) >= 11 is 3.38. The summed E-state index contributed by atoms with van der Waals surface area (Å²) in [7, 11) is 0. The number of anilines is 1. The van der Waals surface area contributed by atoms with E-state index in [1.165, 1.54) is 16.8 Å². The van der Waals surface area contributed by atoms with Crippen LogP contribution in [0.15, 0.2) is 41.1 Å². The summed E-state index contributed by atoms with van der Waals surface area (Å²) < 4.78 is 7.94. The number of amides is 1. The Hall–Kier alpha value is -2.45. The van der Waals surface area contributed by atoms with Crippen LogP contribution in [0.1, 0.15) is 21.6 Å². The topological polar surface area (TPSA) is 63.0 Å². The van der Waals surface area contributed by atoms with Crippen LogP contribution in [0, 0.1) is 0 Å². The molecule has 7 nitrogen and oxygen atoms in total. The quantitative estimate of drug-likeness (QED) is 0.611. The molecule has 0 unspecified atom stereocenters. The van der Waals surface area contributed by atoms with Gasteiger partial charge in [-0.15, -0.1) is 0 Å². The monoisotopic (exact) mass is 441 g/mol. The molecule has 0 spiro atoms. The number of carbonyl (C=O) groups excluding carboxylic acids is 1. The van der Waals surface area contributed by atoms with Crippen molar-refractivity contribution in [2.24, 2.45) is 0 Å². The first kappa shape index (κ1) is 17.6. The molecule has 2 aromatic heterocycles. The predicted molar refractivity (Wildman–Crippen MR) is 109 cm³/mol. The van der Waals surface area contributed by atoms with Crippen molar-refractivity contribution in [3.05, 3.63) is 58.0 Å². The Bertz CT molecular complexity index is 1040. The van der Waals surface area contributed by atoms with Gasteiger partial charge in [-0.1, -0.05) is 12.1 Å². The number of carbonyl (C=O) groups is 1. The molecule has 0 saturated carbocycles. The maximum atomic E-state index is 13.0. The molecule has 0 radical (unpaired) electrons. The van der Waals surface area contributed by atoms with E-state index in [0.29, 0.717) is 24.4 Å². The van der Waals surface area contributed by atoms with Crippen LogP contribution in [-0.2, 0) is 17.7 Å². The fourth-order valence-corrected chi connectivity index (χ4v) is 4.28. The molecular formula is C20H20BrN5O2. The summed E-state index contributed by atoms with van der Waals surface area (Å²) in [6.07, 6.45) is 4.36. The third kappa shape index (κ3) is 3.16. The zero-order chi connectivity index (χ0) is 19.1. The van der Waals surface area contributed by atoms with E-state index in [-0.39, 0.29) is 5.91 Å². The van der Waals surface area contributed by atoms with Crippen molar-refractivity contribution in [2.45, 2.75) is 13.0 Å². The second-order valence-corrected chi connectivity index (χ2v) is 8.01. The first-order valence-corrected chi connectivity index (χ1v) is 10.2. The Labute approximate surface area is 171 Å². The van der Waals surface area contributed by atoms with Gasteiger partial charge in [0.15, 0.2) is 11.3 Å². The second kappa shape index (κ2) is 7.18. The lowest BCUT2D eigenvalue weighted by Gasteiger charge is -2.35. The fourth-order valence-electron chi connectivity index (χ4n) is 3.98. The Morgan fingerprint density at radius 3 is 2.89 bits per heavy atom. The molecule has 5 rings (SSSR count). The lowest BCUT2D eigenvalue weighted by Crippen LogP contribution is -2.39. The molecule has 144 valence electrons. The molecule has 1 aromatic carbocycles. The maximum Gasteiger partial charge on any atom is 0.274 e. The van der Waals surface area contributed by atoms with Crippen LogP contribution in [0.25, 0.3) is 5.65 Å². The molecule has 1 fully saturated rings. The van der Waals surface area contributed by atoms with Crippen molar-refractivity contribution in [3.8, 4) is 0 Å². The first-order chi connectivity index (χ1) is 13.7. The number of benzene rings is 1. The number of morpholine rings is 1. The van der Waals surface area contributed by atoms with Crippen molar-refractivity contribution in [1.29, 1.82) is 0 Å². The first-order valence-electron chi connectivity index (χ1n) is 9.43. The minimum absolute atomic E-state index is 0.0518. The Balaban J connectivity index is 1.39. The van der Waals surface area contributed by atoms with Crippen LogP contribution in [0.5, 0.6) is 0 Å². The number of ether oxygens (including phenoxy) is 1. The third-order valence-corrected chi connectivity index (χ3v) is 5.79. The van der Waals surface area contributed by atoms with Gasteiger partial charge in [0.2, 0.25) is 0 Å². The summed E-state index contributed by atoms with van der Waals surface area (Å²) in [6, 6.07) is 8.15. The van der Waals surface area contributed by atoms with Crippen LogP contribution in [-0.4, -0.2) is 58.3 Å². The largest absolute Gasteiger partial charge is 0.378 e. The van der Waals surface area contributed by atoms with Crippen LogP contribution in [0.3, 0.4) is 0 Å². The number of hydrogen-bond acceptors (Lipinski definition) is 5. The summed E-state index contributed by atoms with van der Waals surface area (Å²) in [6.45, 7) is 4.68. The minimum Gasteiger partial charge on any atom is -0.378 e. The van der Waals surface area contributed by atoms with Crippen LogP contribution < -0.4 is 4.90 Å². The molecule has 8 heteroatoms. The highest BCUT2D eigenvalue weighted by Crippen LogP contribution is 2.30. The van der Waals surface area contributed by atoms with Gasteiger partial charge in [0, 0.05) is 50.3 Å². The Morgan fingerprint density at radius 1 is 1.18 bits per heavy atom. The van der Waals surface area contributed by atoms with Gasteiger partial charge in [0.05, 0.1) is 17.7 Å². The summed E-state index contributed by atoms with van der Waals surface area (Å²) in [5, 5.41) is 4.41. The average Bonchev–Trinajstić information content (AvgIpc) is 3.16. The average molecular weight is 442 g/mol. The number of hydrogen-bond donors (Lipinski definition) is 0. The van der Waals surface area contributed by atoms with E-state index in [2.05, 4.69) is 49.1 Å².